The fourth-order valence-corrected chi connectivity index (χ4v) is 2.48. The molecule has 0 aliphatic heterocycles. The minimum absolute atomic E-state index is 0.365. The number of nitrogens with zero attached hydrogens (tertiary/aromatic N) is 1. The Balaban J connectivity index is 2.27. The van der Waals surface area contributed by atoms with Crippen molar-refractivity contribution >= 4 is 27.3 Å². The van der Waals surface area contributed by atoms with E-state index in [4.69, 9.17) is 0 Å². The van der Waals surface area contributed by atoms with Crippen LogP contribution in [-0.4, -0.2) is 30.4 Å². The van der Waals surface area contributed by atoms with Crippen molar-refractivity contribution in [3.63, 3.8) is 0 Å². The highest BCUT2D eigenvalue weighted by Gasteiger charge is 2.18. The van der Waals surface area contributed by atoms with E-state index in [-0.39, 0.29) is 0 Å². The van der Waals surface area contributed by atoms with E-state index < -0.39 is 0 Å². The molecule has 0 saturated heterocycles. The molecule has 0 atom stereocenters. The Labute approximate surface area is 106 Å². The summed E-state index contributed by atoms with van der Waals surface area (Å²) in [5, 5.41) is 3.21. The highest BCUT2D eigenvalue weighted by atomic mass is 79.9. The van der Waals surface area contributed by atoms with Crippen LogP contribution >= 0.6 is 27.3 Å². The van der Waals surface area contributed by atoms with Gasteiger partial charge < -0.3 is 4.90 Å². The van der Waals surface area contributed by atoms with Crippen molar-refractivity contribution in [3.8, 4) is 0 Å². The van der Waals surface area contributed by atoms with E-state index in [0.29, 0.717) is 5.41 Å². The Morgan fingerprint density at radius 3 is 2.73 bits per heavy atom. The van der Waals surface area contributed by atoms with Gasteiger partial charge in [-0.2, -0.15) is 0 Å². The van der Waals surface area contributed by atoms with E-state index in [1.54, 1.807) is 0 Å². The fraction of sp³-hybridized carbons (Fsp3) is 0.667. The molecule has 1 aromatic heterocycles. The van der Waals surface area contributed by atoms with Crippen LogP contribution in [0.3, 0.4) is 0 Å². The van der Waals surface area contributed by atoms with Gasteiger partial charge in [0.2, 0.25) is 0 Å². The van der Waals surface area contributed by atoms with Gasteiger partial charge in [0.15, 0.2) is 0 Å². The Bertz CT molecular complexity index is 269. The standard InChI is InChI=1S/C12H20BrNS/c1-12(2,9-13)10-14(3)7-6-11-5-4-8-15-11/h4-5,8H,6-7,9-10H2,1-3H3. The Kier molecular flexibility index (Phi) is 5.30. The second kappa shape index (κ2) is 6.02. The molecule has 0 aromatic carbocycles. The van der Waals surface area contributed by atoms with Gasteiger partial charge in [0.1, 0.15) is 0 Å². The number of hydrogen-bond donors (Lipinski definition) is 0. The quantitative estimate of drug-likeness (QED) is 0.723. The highest BCUT2D eigenvalue weighted by Crippen LogP contribution is 2.19. The number of likely N-dealkylation sites (N-methyl/N-ethyl adjacent to an activating group) is 1. The van der Waals surface area contributed by atoms with Gasteiger partial charge in [-0.05, 0) is 30.3 Å². The SMILES string of the molecule is CN(CCc1cccs1)CC(C)(C)CBr. The lowest BCUT2D eigenvalue weighted by molar-refractivity contribution is 0.235. The summed E-state index contributed by atoms with van der Waals surface area (Å²) in [5.41, 5.74) is 0.365. The monoisotopic (exact) mass is 289 g/mol. The van der Waals surface area contributed by atoms with Crippen molar-refractivity contribution < 1.29 is 0 Å². The third kappa shape index (κ3) is 5.14. The molecule has 0 radical (unpaired) electrons. The molecule has 1 heterocycles. The molecule has 0 bridgehead atoms. The first kappa shape index (κ1) is 13.2. The second-order valence-corrected chi connectivity index (χ2v) is 6.46. The average Bonchev–Trinajstić information content (AvgIpc) is 2.66. The van der Waals surface area contributed by atoms with Crippen molar-refractivity contribution in [2.75, 3.05) is 25.5 Å². The Hall–Kier alpha value is 0.140. The topological polar surface area (TPSA) is 3.24 Å². The van der Waals surface area contributed by atoms with Crippen LogP contribution in [0, 0.1) is 5.41 Å². The van der Waals surface area contributed by atoms with Gasteiger partial charge in [-0.25, -0.2) is 0 Å². The van der Waals surface area contributed by atoms with Gasteiger partial charge in [0, 0.05) is 23.3 Å². The maximum Gasteiger partial charge on any atom is 0.00949 e. The Morgan fingerprint density at radius 2 is 2.20 bits per heavy atom. The molecule has 86 valence electrons. The average molecular weight is 290 g/mol. The lowest BCUT2D eigenvalue weighted by Crippen LogP contribution is -2.33. The van der Waals surface area contributed by atoms with Crippen LogP contribution in [0.15, 0.2) is 17.5 Å². The minimum atomic E-state index is 0.365. The van der Waals surface area contributed by atoms with Crippen molar-refractivity contribution in [1.29, 1.82) is 0 Å². The van der Waals surface area contributed by atoms with E-state index in [9.17, 15) is 0 Å². The van der Waals surface area contributed by atoms with E-state index in [2.05, 4.69) is 59.2 Å². The summed E-state index contributed by atoms with van der Waals surface area (Å²) in [5.74, 6) is 0. The van der Waals surface area contributed by atoms with Gasteiger partial charge in [-0.15, -0.1) is 11.3 Å². The number of halogens is 1. The summed E-state index contributed by atoms with van der Waals surface area (Å²) in [4.78, 5) is 3.90. The van der Waals surface area contributed by atoms with Gasteiger partial charge in [-0.3, -0.25) is 0 Å². The molecular weight excluding hydrogens is 270 g/mol. The van der Waals surface area contributed by atoms with Crippen LogP contribution in [0.5, 0.6) is 0 Å². The zero-order chi connectivity index (χ0) is 11.3. The summed E-state index contributed by atoms with van der Waals surface area (Å²) in [6, 6.07) is 4.34. The van der Waals surface area contributed by atoms with Crippen LogP contribution in [-0.2, 0) is 6.42 Å². The molecule has 0 saturated carbocycles. The third-order valence-electron chi connectivity index (χ3n) is 2.38. The molecule has 0 unspecified atom stereocenters. The zero-order valence-electron chi connectivity index (χ0n) is 9.79. The summed E-state index contributed by atoms with van der Waals surface area (Å²) in [7, 11) is 2.21. The van der Waals surface area contributed by atoms with Crippen LogP contribution in [0.1, 0.15) is 18.7 Å². The first-order chi connectivity index (χ1) is 7.03. The molecule has 1 rings (SSSR count). The van der Waals surface area contributed by atoms with Crippen LogP contribution in [0.4, 0.5) is 0 Å². The lowest BCUT2D eigenvalue weighted by Gasteiger charge is -2.28. The predicted octanol–water partition coefficient (Wildman–Crippen LogP) is 3.64. The highest BCUT2D eigenvalue weighted by molar-refractivity contribution is 9.09. The smallest absolute Gasteiger partial charge is 0.00949 e. The normalized spacial score (nSPS) is 12.3. The van der Waals surface area contributed by atoms with Gasteiger partial charge in [0.25, 0.3) is 0 Å². The van der Waals surface area contributed by atoms with E-state index in [0.717, 1.165) is 18.4 Å². The van der Waals surface area contributed by atoms with Crippen LogP contribution < -0.4 is 0 Å². The molecule has 1 nitrogen and oxygen atoms in total. The van der Waals surface area contributed by atoms with Crippen molar-refractivity contribution in [2.24, 2.45) is 5.41 Å². The summed E-state index contributed by atoms with van der Waals surface area (Å²) < 4.78 is 0. The van der Waals surface area contributed by atoms with Gasteiger partial charge in [0.05, 0.1) is 0 Å². The van der Waals surface area contributed by atoms with Crippen molar-refractivity contribution in [3.05, 3.63) is 22.4 Å². The summed E-state index contributed by atoms with van der Waals surface area (Å²) in [6.07, 6.45) is 1.17. The first-order valence-corrected chi connectivity index (χ1v) is 7.30. The second-order valence-electron chi connectivity index (χ2n) is 4.86. The molecule has 0 aliphatic rings. The van der Waals surface area contributed by atoms with E-state index in [1.807, 2.05) is 11.3 Å². The molecule has 0 aliphatic carbocycles. The lowest BCUT2D eigenvalue weighted by atomic mass is 9.96. The third-order valence-corrected chi connectivity index (χ3v) is 4.83. The summed E-state index contributed by atoms with van der Waals surface area (Å²) >= 11 is 5.42. The molecule has 1 aromatic rings. The number of alkyl halides is 1. The largest absolute Gasteiger partial charge is 0.305 e. The van der Waals surface area contributed by atoms with Gasteiger partial charge in [-0.1, -0.05) is 35.8 Å². The molecule has 0 spiro atoms. The molecule has 15 heavy (non-hydrogen) atoms. The Morgan fingerprint density at radius 1 is 1.47 bits per heavy atom. The van der Waals surface area contributed by atoms with Crippen molar-refractivity contribution in [1.82, 2.24) is 4.90 Å². The maximum absolute atomic E-state index is 3.56. The fourth-order valence-electron chi connectivity index (χ4n) is 1.61. The predicted molar refractivity (Wildman–Crippen MR) is 73.1 cm³/mol. The van der Waals surface area contributed by atoms with Gasteiger partial charge >= 0.3 is 0 Å². The summed E-state index contributed by atoms with van der Waals surface area (Å²) in [6.45, 7) is 6.88. The molecule has 0 N–H and O–H groups in total. The molecule has 0 fully saturated rings. The molecule has 0 amide bonds. The maximum atomic E-state index is 3.56. The van der Waals surface area contributed by atoms with Crippen LogP contribution in [0.2, 0.25) is 0 Å². The molecule has 3 heteroatoms. The number of hydrogen-bond acceptors (Lipinski definition) is 2. The van der Waals surface area contributed by atoms with E-state index in [1.165, 1.54) is 11.3 Å². The molecular formula is C12H20BrNS. The first-order valence-electron chi connectivity index (χ1n) is 5.30. The zero-order valence-corrected chi connectivity index (χ0v) is 12.2. The number of rotatable bonds is 6. The minimum Gasteiger partial charge on any atom is -0.305 e. The van der Waals surface area contributed by atoms with Crippen molar-refractivity contribution in [2.45, 2.75) is 20.3 Å². The van der Waals surface area contributed by atoms with E-state index >= 15 is 0 Å². The number of thiophene rings is 1. The van der Waals surface area contributed by atoms with Crippen LogP contribution in [0.25, 0.3) is 0 Å².